The molecule has 2 aromatic carbocycles. The number of hydrogen-bond acceptors (Lipinski definition) is 5. The summed E-state index contributed by atoms with van der Waals surface area (Å²) in [4.78, 5) is 42.4. The Kier molecular flexibility index (Phi) is 8.99. The van der Waals surface area contributed by atoms with E-state index in [1.807, 2.05) is 18.2 Å². The maximum atomic E-state index is 12.9. The second-order valence-electron chi connectivity index (χ2n) is 8.90. The molecule has 2 heterocycles. The summed E-state index contributed by atoms with van der Waals surface area (Å²) >= 11 is 0. The van der Waals surface area contributed by atoms with Crippen molar-refractivity contribution in [2.75, 3.05) is 6.61 Å². The average Bonchev–Trinajstić information content (AvgIpc) is 3.35. The van der Waals surface area contributed by atoms with E-state index >= 15 is 0 Å². The molecule has 0 aliphatic heterocycles. The van der Waals surface area contributed by atoms with Crippen LogP contribution in [0.15, 0.2) is 60.9 Å². The number of aromatic nitrogens is 3. The van der Waals surface area contributed by atoms with Crippen molar-refractivity contribution in [2.45, 2.75) is 57.9 Å². The van der Waals surface area contributed by atoms with E-state index in [-0.39, 0.29) is 17.9 Å². The molecular weight excluding hydrogens is 454 g/mol. The summed E-state index contributed by atoms with van der Waals surface area (Å²) in [5, 5.41) is 5.32. The molecule has 36 heavy (non-hydrogen) atoms. The molecule has 0 saturated carbocycles. The molecule has 0 spiro atoms. The van der Waals surface area contributed by atoms with E-state index in [1.165, 1.54) is 0 Å². The van der Waals surface area contributed by atoms with Crippen LogP contribution in [0.5, 0.6) is 0 Å². The first-order valence-corrected chi connectivity index (χ1v) is 12.6. The van der Waals surface area contributed by atoms with Crippen LogP contribution >= 0.6 is 0 Å². The van der Waals surface area contributed by atoms with Gasteiger partial charge in [0, 0.05) is 24.2 Å². The molecule has 0 saturated heterocycles. The molecule has 8 nitrogen and oxygen atoms in total. The zero-order valence-corrected chi connectivity index (χ0v) is 20.6. The van der Waals surface area contributed by atoms with Crippen LogP contribution in [-0.4, -0.2) is 33.4 Å². The topological polar surface area (TPSA) is 109 Å². The van der Waals surface area contributed by atoms with Gasteiger partial charge in [-0.3, -0.25) is 19.4 Å². The molecule has 0 aliphatic carbocycles. The molecule has 4 aromatic rings. The number of imidazole rings is 1. The van der Waals surface area contributed by atoms with Crippen LogP contribution in [0.3, 0.4) is 0 Å². The fourth-order valence-corrected chi connectivity index (χ4v) is 4.15. The fourth-order valence-electron chi connectivity index (χ4n) is 4.15. The zero-order valence-electron chi connectivity index (χ0n) is 20.6. The van der Waals surface area contributed by atoms with Crippen molar-refractivity contribution < 1.29 is 14.4 Å². The predicted molar refractivity (Wildman–Crippen MR) is 140 cm³/mol. The minimum Gasteiger partial charge on any atom is -0.342 e. The number of nitrogens with zero attached hydrogens (tertiary/aromatic N) is 2. The first kappa shape index (κ1) is 25.3. The Morgan fingerprint density at radius 3 is 2.75 bits per heavy atom. The summed E-state index contributed by atoms with van der Waals surface area (Å²) in [6.45, 7) is 2.61. The number of fused-ring (bicyclic) bond motifs is 3. The Hall–Kier alpha value is -3.78. The van der Waals surface area contributed by atoms with Gasteiger partial charge in [0.15, 0.2) is 0 Å². The van der Waals surface area contributed by atoms with E-state index in [4.69, 9.17) is 9.82 Å². The number of nitrogens with one attached hydrogen (secondary N) is 3. The molecule has 8 heteroatoms. The first-order chi connectivity index (χ1) is 17.7. The molecule has 0 bridgehead atoms. The molecule has 0 radical (unpaired) electrons. The number of H-pyrrole nitrogens is 1. The van der Waals surface area contributed by atoms with Gasteiger partial charge in [0.1, 0.15) is 5.82 Å². The number of benzene rings is 2. The van der Waals surface area contributed by atoms with E-state index in [0.29, 0.717) is 25.0 Å². The number of hydrogen-bond donors (Lipinski definition) is 3. The van der Waals surface area contributed by atoms with E-state index in [0.717, 1.165) is 59.7 Å². The molecular formula is C28H33N5O3. The summed E-state index contributed by atoms with van der Waals surface area (Å²) in [5.41, 5.74) is 4.83. The second kappa shape index (κ2) is 12.8. The van der Waals surface area contributed by atoms with Crippen molar-refractivity contribution in [1.82, 2.24) is 25.7 Å². The van der Waals surface area contributed by atoms with Gasteiger partial charge in [-0.2, -0.15) is 0 Å². The third kappa shape index (κ3) is 6.66. The monoisotopic (exact) mass is 487 g/mol. The van der Waals surface area contributed by atoms with Crippen molar-refractivity contribution in [3.8, 4) is 0 Å². The van der Waals surface area contributed by atoms with Crippen LogP contribution in [-0.2, 0) is 9.63 Å². The van der Waals surface area contributed by atoms with Crippen LogP contribution in [0.2, 0.25) is 0 Å². The molecule has 1 atom stereocenters. The van der Waals surface area contributed by atoms with Gasteiger partial charge in [-0.05, 0) is 42.8 Å². The van der Waals surface area contributed by atoms with Crippen LogP contribution < -0.4 is 10.8 Å². The van der Waals surface area contributed by atoms with Gasteiger partial charge in [-0.15, -0.1) is 0 Å². The van der Waals surface area contributed by atoms with Gasteiger partial charge in [0.25, 0.3) is 5.91 Å². The molecule has 188 valence electrons. The Bertz CT molecular complexity index is 1290. The van der Waals surface area contributed by atoms with Crippen LogP contribution in [0.1, 0.15) is 74.1 Å². The summed E-state index contributed by atoms with van der Waals surface area (Å²) in [5.74, 6) is 0.430. The summed E-state index contributed by atoms with van der Waals surface area (Å²) in [6.07, 6.45) is 8.68. The summed E-state index contributed by atoms with van der Waals surface area (Å²) in [7, 11) is 0. The molecule has 2 aromatic heterocycles. The minimum absolute atomic E-state index is 0.100. The number of pyridine rings is 1. The standard InChI is InChI=1S/C28H33N5O3/c1-2-3-18-36-33-25(34)14-6-4-5-13-24(31-28(35)21-11-9-17-29-19-21)27-30-23-16-15-20-10-7-8-12-22(20)26(23)32-27/h7-12,15-17,19,24H,2-6,13-14,18H2,1H3,(H,30,32)(H,31,35)(H,33,34)/t24-/m0/s1. The van der Waals surface area contributed by atoms with E-state index < -0.39 is 0 Å². The Morgan fingerprint density at radius 2 is 1.92 bits per heavy atom. The molecule has 4 rings (SSSR count). The smallest absolute Gasteiger partial charge is 0.253 e. The van der Waals surface area contributed by atoms with Crippen LogP contribution in [0, 0.1) is 0 Å². The SMILES string of the molecule is CCCCONC(=O)CCCCC[C@H](NC(=O)c1cccnc1)c1nc2c(ccc3ccccc32)[nH]1. The van der Waals surface area contributed by atoms with E-state index in [9.17, 15) is 9.59 Å². The number of aromatic amines is 1. The third-order valence-corrected chi connectivity index (χ3v) is 6.14. The molecule has 2 amide bonds. The van der Waals surface area contributed by atoms with Crippen molar-refractivity contribution >= 4 is 33.6 Å². The van der Waals surface area contributed by atoms with E-state index in [2.05, 4.69) is 45.9 Å². The molecule has 0 aliphatic rings. The lowest BCUT2D eigenvalue weighted by atomic mass is 10.1. The quantitative estimate of drug-likeness (QED) is 0.173. The zero-order chi connectivity index (χ0) is 25.2. The third-order valence-electron chi connectivity index (χ3n) is 6.14. The highest BCUT2D eigenvalue weighted by atomic mass is 16.6. The lowest BCUT2D eigenvalue weighted by Gasteiger charge is -2.17. The highest BCUT2D eigenvalue weighted by molar-refractivity contribution is 6.04. The Balaban J connectivity index is 1.41. The van der Waals surface area contributed by atoms with Gasteiger partial charge in [0.05, 0.1) is 29.2 Å². The van der Waals surface area contributed by atoms with Crippen molar-refractivity contribution in [2.24, 2.45) is 0 Å². The van der Waals surface area contributed by atoms with Gasteiger partial charge in [0.2, 0.25) is 5.91 Å². The average molecular weight is 488 g/mol. The van der Waals surface area contributed by atoms with E-state index in [1.54, 1.807) is 24.5 Å². The van der Waals surface area contributed by atoms with Crippen LogP contribution in [0.4, 0.5) is 0 Å². The van der Waals surface area contributed by atoms with Gasteiger partial charge in [-0.25, -0.2) is 10.5 Å². The lowest BCUT2D eigenvalue weighted by Crippen LogP contribution is -2.29. The number of carbonyl (C=O) groups is 2. The van der Waals surface area contributed by atoms with Gasteiger partial charge < -0.3 is 10.3 Å². The van der Waals surface area contributed by atoms with Gasteiger partial charge in [-0.1, -0.05) is 56.5 Å². The maximum absolute atomic E-state index is 12.9. The van der Waals surface area contributed by atoms with Crippen molar-refractivity contribution in [3.05, 3.63) is 72.3 Å². The van der Waals surface area contributed by atoms with Crippen molar-refractivity contribution in [3.63, 3.8) is 0 Å². The summed E-state index contributed by atoms with van der Waals surface area (Å²) in [6, 6.07) is 15.4. The maximum Gasteiger partial charge on any atom is 0.253 e. The minimum atomic E-state index is -0.296. The molecule has 3 N–H and O–H groups in total. The highest BCUT2D eigenvalue weighted by Gasteiger charge is 2.20. The number of carbonyl (C=O) groups excluding carboxylic acids is 2. The molecule has 0 fully saturated rings. The first-order valence-electron chi connectivity index (χ1n) is 12.6. The number of unbranched alkanes of at least 4 members (excludes halogenated alkanes) is 3. The summed E-state index contributed by atoms with van der Waals surface area (Å²) < 4.78 is 0. The normalized spacial score (nSPS) is 12.0. The van der Waals surface area contributed by atoms with Crippen LogP contribution in [0.25, 0.3) is 21.8 Å². The number of hydroxylamine groups is 1. The van der Waals surface area contributed by atoms with Crippen molar-refractivity contribution in [1.29, 1.82) is 0 Å². The second-order valence-corrected chi connectivity index (χ2v) is 8.90. The lowest BCUT2D eigenvalue weighted by molar-refractivity contribution is -0.133. The fraction of sp³-hybridized carbons (Fsp3) is 0.357. The number of amides is 2. The largest absolute Gasteiger partial charge is 0.342 e. The molecule has 0 unspecified atom stereocenters. The Labute approximate surface area is 210 Å². The number of rotatable bonds is 13. The Morgan fingerprint density at radius 1 is 1.03 bits per heavy atom. The van der Waals surface area contributed by atoms with Gasteiger partial charge >= 0.3 is 0 Å². The predicted octanol–water partition coefficient (Wildman–Crippen LogP) is 5.38. The highest BCUT2D eigenvalue weighted by Crippen LogP contribution is 2.27.